The van der Waals surface area contributed by atoms with Crippen molar-refractivity contribution in [3.63, 3.8) is 0 Å². The van der Waals surface area contributed by atoms with Crippen LogP contribution in [0.3, 0.4) is 0 Å². The van der Waals surface area contributed by atoms with Crippen molar-refractivity contribution in [2.24, 2.45) is 0 Å². The van der Waals surface area contributed by atoms with E-state index in [-0.39, 0.29) is 0 Å². The van der Waals surface area contributed by atoms with E-state index in [1.165, 1.54) is 5.56 Å². The van der Waals surface area contributed by atoms with E-state index in [0.29, 0.717) is 5.69 Å². The monoisotopic (exact) mass is 187 g/mol. The van der Waals surface area contributed by atoms with Gasteiger partial charge in [-0.05, 0) is 19.1 Å². The molecule has 0 unspecified atom stereocenters. The molecule has 3 nitrogen and oxygen atoms in total. The Morgan fingerprint density at radius 3 is 2.86 bits per heavy atom. The highest BCUT2D eigenvalue weighted by Crippen LogP contribution is 2.27. The third-order valence-corrected chi connectivity index (χ3v) is 2.30. The smallest absolute Gasteiger partial charge is 0.0742 e. The maximum atomic E-state index is 5.82. The fourth-order valence-electron chi connectivity index (χ4n) is 1.60. The van der Waals surface area contributed by atoms with Crippen LogP contribution in [0.1, 0.15) is 5.56 Å². The number of fused-ring (bicyclic) bond motifs is 1. The Morgan fingerprint density at radius 2 is 2.14 bits per heavy atom. The van der Waals surface area contributed by atoms with E-state index < -0.39 is 0 Å². The normalized spacial score (nSPS) is 10.4. The van der Waals surface area contributed by atoms with Gasteiger partial charge in [-0.25, -0.2) is 0 Å². The van der Waals surface area contributed by atoms with E-state index in [0.717, 1.165) is 16.6 Å². The van der Waals surface area contributed by atoms with Gasteiger partial charge in [0.05, 0.1) is 23.1 Å². The molecule has 3 N–H and O–H groups in total. The maximum Gasteiger partial charge on any atom is 0.0742 e. The van der Waals surface area contributed by atoms with E-state index in [2.05, 4.69) is 23.3 Å². The molecule has 0 atom stereocenters. The molecule has 0 aliphatic heterocycles. The first-order chi connectivity index (χ1) is 6.72. The van der Waals surface area contributed by atoms with Gasteiger partial charge in [0, 0.05) is 12.4 Å². The minimum absolute atomic E-state index is 0.686. The summed E-state index contributed by atoms with van der Waals surface area (Å²) in [6.45, 7) is 2.06. The minimum atomic E-state index is 0.686. The molecule has 0 aliphatic rings. The number of pyridine rings is 1. The quantitative estimate of drug-likeness (QED) is 0.719. The van der Waals surface area contributed by atoms with Crippen LogP contribution in [0.25, 0.3) is 10.9 Å². The number of nitrogens with two attached hydrogens (primary N) is 1. The number of hydrogen-bond donors (Lipinski definition) is 2. The Kier molecular flexibility index (Phi) is 2.00. The van der Waals surface area contributed by atoms with Gasteiger partial charge in [-0.3, -0.25) is 4.98 Å². The summed E-state index contributed by atoms with van der Waals surface area (Å²) in [6.07, 6.45) is 1.68. The number of anilines is 2. The summed E-state index contributed by atoms with van der Waals surface area (Å²) in [5.74, 6) is 0. The van der Waals surface area contributed by atoms with E-state index in [1.807, 2.05) is 19.2 Å². The Morgan fingerprint density at radius 1 is 1.36 bits per heavy atom. The van der Waals surface area contributed by atoms with Crippen molar-refractivity contribution >= 4 is 22.3 Å². The first-order valence-corrected chi connectivity index (χ1v) is 4.55. The van der Waals surface area contributed by atoms with Gasteiger partial charge < -0.3 is 11.1 Å². The maximum absolute atomic E-state index is 5.82. The third kappa shape index (κ3) is 1.27. The van der Waals surface area contributed by atoms with Crippen molar-refractivity contribution in [1.82, 2.24) is 4.98 Å². The van der Waals surface area contributed by atoms with Crippen molar-refractivity contribution in [3.8, 4) is 0 Å². The lowest BCUT2D eigenvalue weighted by Crippen LogP contribution is -1.98. The number of aromatic nitrogens is 1. The number of benzene rings is 1. The largest absolute Gasteiger partial charge is 0.396 e. The lowest BCUT2D eigenvalue weighted by molar-refractivity contribution is 1.38. The molecular weight excluding hydrogens is 174 g/mol. The van der Waals surface area contributed by atoms with E-state index in [4.69, 9.17) is 5.73 Å². The molecule has 0 saturated carbocycles. The lowest BCUT2D eigenvalue weighted by Gasteiger charge is -2.08. The molecule has 0 bridgehead atoms. The Balaban J connectivity index is 2.84. The summed E-state index contributed by atoms with van der Waals surface area (Å²) >= 11 is 0. The molecule has 1 aromatic heterocycles. The van der Waals surface area contributed by atoms with Crippen molar-refractivity contribution in [1.29, 1.82) is 0 Å². The number of nitrogens with zero attached hydrogens (tertiary/aromatic N) is 1. The number of rotatable bonds is 1. The summed E-state index contributed by atoms with van der Waals surface area (Å²) in [7, 11) is 1.87. The Bertz CT molecular complexity index is 472. The Labute approximate surface area is 83.0 Å². The van der Waals surface area contributed by atoms with Crippen molar-refractivity contribution in [3.05, 3.63) is 30.0 Å². The molecule has 0 spiro atoms. The van der Waals surface area contributed by atoms with E-state index >= 15 is 0 Å². The molecule has 72 valence electrons. The summed E-state index contributed by atoms with van der Waals surface area (Å²) in [4.78, 5) is 4.27. The second-order valence-electron chi connectivity index (χ2n) is 3.36. The van der Waals surface area contributed by atoms with Crippen LogP contribution in [-0.2, 0) is 0 Å². The van der Waals surface area contributed by atoms with Gasteiger partial charge in [0.1, 0.15) is 0 Å². The third-order valence-electron chi connectivity index (χ3n) is 2.30. The second kappa shape index (κ2) is 3.18. The summed E-state index contributed by atoms with van der Waals surface area (Å²) in [6, 6.07) is 6.14. The highest BCUT2D eigenvalue weighted by molar-refractivity contribution is 5.97. The van der Waals surface area contributed by atoms with Crippen LogP contribution in [0.2, 0.25) is 0 Å². The van der Waals surface area contributed by atoms with Crippen LogP contribution in [0.15, 0.2) is 24.4 Å². The molecule has 2 aromatic rings. The van der Waals surface area contributed by atoms with E-state index in [1.54, 1.807) is 6.20 Å². The lowest BCUT2D eigenvalue weighted by atomic mass is 10.1. The number of nitrogens with one attached hydrogen (secondary N) is 1. The minimum Gasteiger partial charge on any atom is -0.396 e. The fraction of sp³-hybridized carbons (Fsp3) is 0.182. The average Bonchev–Trinajstić information content (AvgIpc) is 2.17. The number of aryl methyl sites for hydroxylation is 1. The van der Waals surface area contributed by atoms with Crippen LogP contribution in [0, 0.1) is 6.92 Å². The molecule has 1 aromatic carbocycles. The molecule has 2 rings (SSSR count). The van der Waals surface area contributed by atoms with Gasteiger partial charge in [0.25, 0.3) is 0 Å². The number of nitrogen functional groups attached to an aromatic ring is 1. The zero-order chi connectivity index (χ0) is 10.1. The molecule has 14 heavy (non-hydrogen) atoms. The summed E-state index contributed by atoms with van der Waals surface area (Å²) in [5.41, 5.74) is 9.64. The van der Waals surface area contributed by atoms with Crippen molar-refractivity contribution in [2.75, 3.05) is 18.1 Å². The Hall–Kier alpha value is -1.77. The highest BCUT2D eigenvalue weighted by Gasteiger charge is 2.04. The standard InChI is InChI=1S/C11H13N3/c1-7-3-4-10-8(5-7)11(13-2)9(12)6-14-10/h3-6H,12H2,1-2H3,(H,13,14). The average molecular weight is 187 g/mol. The fourth-order valence-corrected chi connectivity index (χ4v) is 1.60. The van der Waals surface area contributed by atoms with Gasteiger partial charge >= 0.3 is 0 Å². The molecular formula is C11H13N3. The van der Waals surface area contributed by atoms with Gasteiger partial charge in [0.15, 0.2) is 0 Å². The van der Waals surface area contributed by atoms with Gasteiger partial charge in [-0.1, -0.05) is 11.6 Å². The van der Waals surface area contributed by atoms with Crippen molar-refractivity contribution in [2.45, 2.75) is 6.92 Å². The summed E-state index contributed by atoms with van der Waals surface area (Å²) in [5, 5.41) is 4.18. The van der Waals surface area contributed by atoms with Crippen LogP contribution in [0.5, 0.6) is 0 Å². The molecule has 0 aliphatic carbocycles. The molecule has 0 fully saturated rings. The molecule has 3 heteroatoms. The summed E-state index contributed by atoms with van der Waals surface area (Å²) < 4.78 is 0. The van der Waals surface area contributed by atoms with Gasteiger partial charge in [-0.15, -0.1) is 0 Å². The van der Waals surface area contributed by atoms with E-state index in [9.17, 15) is 0 Å². The molecule has 0 saturated heterocycles. The molecule has 0 radical (unpaired) electrons. The van der Waals surface area contributed by atoms with Gasteiger partial charge in [-0.2, -0.15) is 0 Å². The first kappa shape index (κ1) is 8.81. The van der Waals surface area contributed by atoms with Crippen LogP contribution in [-0.4, -0.2) is 12.0 Å². The topological polar surface area (TPSA) is 50.9 Å². The van der Waals surface area contributed by atoms with Crippen LogP contribution in [0.4, 0.5) is 11.4 Å². The second-order valence-corrected chi connectivity index (χ2v) is 3.36. The zero-order valence-corrected chi connectivity index (χ0v) is 8.33. The first-order valence-electron chi connectivity index (χ1n) is 4.55. The van der Waals surface area contributed by atoms with Crippen LogP contribution < -0.4 is 11.1 Å². The molecule has 0 amide bonds. The van der Waals surface area contributed by atoms with Crippen LogP contribution >= 0.6 is 0 Å². The predicted octanol–water partition coefficient (Wildman–Crippen LogP) is 2.17. The zero-order valence-electron chi connectivity index (χ0n) is 8.33. The highest BCUT2D eigenvalue weighted by atomic mass is 14.9. The predicted molar refractivity (Wildman–Crippen MR) is 60.4 cm³/mol. The van der Waals surface area contributed by atoms with Gasteiger partial charge in [0.2, 0.25) is 0 Å². The molecule has 1 heterocycles. The number of hydrogen-bond acceptors (Lipinski definition) is 3. The van der Waals surface area contributed by atoms with Crippen molar-refractivity contribution < 1.29 is 0 Å². The SMILES string of the molecule is CNc1c(N)cnc2ccc(C)cc12.